The van der Waals surface area contributed by atoms with Crippen LogP contribution in [0.4, 0.5) is 0 Å². The fraction of sp³-hybridized carbons (Fsp3) is 0.750. The summed E-state index contributed by atoms with van der Waals surface area (Å²) in [7, 11) is 1.95. The summed E-state index contributed by atoms with van der Waals surface area (Å²) in [5.74, 6) is 0.996. The number of nitrogens with zero attached hydrogens (tertiary/aromatic N) is 3. The van der Waals surface area contributed by atoms with Gasteiger partial charge in [0.15, 0.2) is 0 Å². The van der Waals surface area contributed by atoms with Crippen LogP contribution in [0, 0.1) is 6.92 Å². The Hall–Kier alpha value is -1.40. The van der Waals surface area contributed by atoms with Gasteiger partial charge in [0.05, 0.1) is 31.0 Å². The van der Waals surface area contributed by atoms with Crippen LogP contribution < -0.4 is 0 Å². The number of fused-ring (bicyclic) bond motifs is 1. The smallest absolute Gasteiger partial charge is 0.237 e. The van der Waals surface area contributed by atoms with Gasteiger partial charge in [-0.3, -0.25) is 9.69 Å². The second kappa shape index (κ2) is 6.79. The number of rotatable bonds is 4. The Balaban J connectivity index is 1.56. The number of morpholine rings is 1. The standard InChI is InChI=1S/C16H25N3O3/c1-12-9-13(17-22-12)10-18(2)11-16(20)19-7-8-21-15-6-4-3-5-14(15)19/h9,14-15H,3-8,10-11H2,1-2H3. The molecule has 1 amide bonds. The predicted octanol–water partition coefficient (Wildman–Crippen LogP) is 1.58. The minimum absolute atomic E-state index is 0.197. The van der Waals surface area contributed by atoms with Gasteiger partial charge in [0.1, 0.15) is 5.76 Å². The van der Waals surface area contributed by atoms with Crippen LogP contribution in [0.3, 0.4) is 0 Å². The molecule has 1 aliphatic carbocycles. The number of likely N-dealkylation sites (N-methyl/N-ethyl adjacent to an activating group) is 1. The Labute approximate surface area is 131 Å². The Morgan fingerprint density at radius 3 is 3.05 bits per heavy atom. The maximum absolute atomic E-state index is 12.6. The largest absolute Gasteiger partial charge is 0.374 e. The first-order valence-electron chi connectivity index (χ1n) is 8.15. The van der Waals surface area contributed by atoms with E-state index in [1.807, 2.05) is 29.8 Å². The summed E-state index contributed by atoms with van der Waals surface area (Å²) >= 11 is 0. The van der Waals surface area contributed by atoms with E-state index >= 15 is 0 Å². The van der Waals surface area contributed by atoms with Crippen molar-refractivity contribution in [3.8, 4) is 0 Å². The summed E-state index contributed by atoms with van der Waals surface area (Å²) in [5, 5.41) is 3.98. The number of hydrogen-bond acceptors (Lipinski definition) is 5. The summed E-state index contributed by atoms with van der Waals surface area (Å²) in [5.41, 5.74) is 0.866. The average Bonchev–Trinajstić information content (AvgIpc) is 2.91. The first-order valence-corrected chi connectivity index (χ1v) is 8.15. The number of aromatic nitrogens is 1. The van der Waals surface area contributed by atoms with Crippen molar-refractivity contribution in [3.63, 3.8) is 0 Å². The van der Waals surface area contributed by atoms with E-state index in [0.29, 0.717) is 19.7 Å². The van der Waals surface area contributed by atoms with Crippen LogP contribution in [-0.2, 0) is 16.1 Å². The van der Waals surface area contributed by atoms with Crippen LogP contribution in [0.15, 0.2) is 10.6 Å². The second-order valence-electron chi connectivity index (χ2n) is 6.45. The van der Waals surface area contributed by atoms with Gasteiger partial charge in [-0.05, 0) is 26.8 Å². The number of aryl methyl sites for hydroxylation is 1. The van der Waals surface area contributed by atoms with Crippen LogP contribution in [-0.4, -0.2) is 59.8 Å². The lowest BCUT2D eigenvalue weighted by atomic mass is 9.90. The maximum Gasteiger partial charge on any atom is 0.237 e. The van der Waals surface area contributed by atoms with Crippen molar-refractivity contribution < 1.29 is 14.1 Å². The van der Waals surface area contributed by atoms with E-state index in [0.717, 1.165) is 30.8 Å². The highest BCUT2D eigenvalue weighted by Crippen LogP contribution is 2.28. The summed E-state index contributed by atoms with van der Waals surface area (Å²) in [6, 6.07) is 2.19. The van der Waals surface area contributed by atoms with E-state index in [4.69, 9.17) is 9.26 Å². The lowest BCUT2D eigenvalue weighted by molar-refractivity contribution is -0.150. The van der Waals surface area contributed by atoms with Crippen LogP contribution in [0.2, 0.25) is 0 Å². The minimum Gasteiger partial charge on any atom is -0.374 e. The molecule has 2 aliphatic rings. The molecule has 2 unspecified atom stereocenters. The third-order valence-corrected chi connectivity index (χ3v) is 4.57. The number of carbonyl (C=O) groups excluding carboxylic acids is 1. The van der Waals surface area contributed by atoms with E-state index in [9.17, 15) is 4.79 Å². The molecule has 0 aromatic carbocycles. The molecule has 3 rings (SSSR count). The summed E-state index contributed by atoms with van der Waals surface area (Å²) in [6.07, 6.45) is 4.82. The van der Waals surface area contributed by atoms with Crippen molar-refractivity contribution in [2.45, 2.75) is 51.3 Å². The molecule has 1 aromatic rings. The molecular formula is C16H25N3O3. The zero-order chi connectivity index (χ0) is 15.5. The van der Waals surface area contributed by atoms with E-state index in [-0.39, 0.29) is 18.1 Å². The monoisotopic (exact) mass is 307 g/mol. The second-order valence-corrected chi connectivity index (χ2v) is 6.45. The number of ether oxygens (including phenoxy) is 1. The third-order valence-electron chi connectivity index (χ3n) is 4.57. The molecule has 6 nitrogen and oxygen atoms in total. The molecule has 2 atom stereocenters. The average molecular weight is 307 g/mol. The van der Waals surface area contributed by atoms with Crippen molar-refractivity contribution in [2.75, 3.05) is 26.7 Å². The molecule has 0 N–H and O–H groups in total. The molecule has 1 aliphatic heterocycles. The zero-order valence-corrected chi connectivity index (χ0v) is 13.5. The Morgan fingerprint density at radius 1 is 1.45 bits per heavy atom. The number of amides is 1. The minimum atomic E-state index is 0.197. The number of carbonyl (C=O) groups is 1. The molecule has 0 bridgehead atoms. The quantitative estimate of drug-likeness (QED) is 0.845. The lowest BCUT2D eigenvalue weighted by Gasteiger charge is -2.44. The van der Waals surface area contributed by atoms with Gasteiger partial charge in [0.25, 0.3) is 0 Å². The summed E-state index contributed by atoms with van der Waals surface area (Å²) in [4.78, 5) is 16.7. The van der Waals surface area contributed by atoms with E-state index in [1.54, 1.807) is 0 Å². The van der Waals surface area contributed by atoms with E-state index in [1.165, 1.54) is 12.8 Å². The van der Waals surface area contributed by atoms with Gasteiger partial charge in [-0.25, -0.2) is 0 Å². The highest BCUT2D eigenvalue weighted by Gasteiger charge is 2.36. The van der Waals surface area contributed by atoms with Crippen LogP contribution in [0.5, 0.6) is 0 Å². The predicted molar refractivity (Wildman–Crippen MR) is 81.3 cm³/mol. The molecule has 0 spiro atoms. The normalized spacial score (nSPS) is 25.3. The fourth-order valence-corrected chi connectivity index (χ4v) is 3.55. The van der Waals surface area contributed by atoms with Crippen molar-refractivity contribution in [1.82, 2.24) is 15.0 Å². The molecule has 122 valence electrons. The van der Waals surface area contributed by atoms with Gasteiger partial charge in [0.2, 0.25) is 5.91 Å². The molecule has 1 saturated carbocycles. The van der Waals surface area contributed by atoms with Gasteiger partial charge >= 0.3 is 0 Å². The van der Waals surface area contributed by atoms with Gasteiger partial charge in [-0.2, -0.15) is 0 Å². The highest BCUT2D eigenvalue weighted by molar-refractivity contribution is 5.78. The molecule has 1 aromatic heterocycles. The molecule has 22 heavy (non-hydrogen) atoms. The van der Waals surface area contributed by atoms with Gasteiger partial charge < -0.3 is 14.2 Å². The summed E-state index contributed by atoms with van der Waals surface area (Å²) < 4.78 is 10.9. The van der Waals surface area contributed by atoms with Crippen molar-refractivity contribution in [2.24, 2.45) is 0 Å². The fourth-order valence-electron chi connectivity index (χ4n) is 3.55. The molecule has 0 radical (unpaired) electrons. The number of hydrogen-bond donors (Lipinski definition) is 0. The topological polar surface area (TPSA) is 58.8 Å². The maximum atomic E-state index is 12.6. The van der Waals surface area contributed by atoms with Crippen molar-refractivity contribution in [3.05, 3.63) is 17.5 Å². The summed E-state index contributed by atoms with van der Waals surface area (Å²) in [6.45, 7) is 4.30. The van der Waals surface area contributed by atoms with E-state index < -0.39 is 0 Å². The van der Waals surface area contributed by atoms with Crippen LogP contribution >= 0.6 is 0 Å². The van der Waals surface area contributed by atoms with Gasteiger partial charge in [0, 0.05) is 19.2 Å². The van der Waals surface area contributed by atoms with Gasteiger partial charge in [-0.1, -0.05) is 18.0 Å². The van der Waals surface area contributed by atoms with Crippen molar-refractivity contribution >= 4 is 5.91 Å². The Bertz CT molecular complexity index is 514. The highest BCUT2D eigenvalue weighted by atomic mass is 16.5. The Kier molecular flexibility index (Phi) is 4.78. The molecule has 2 fully saturated rings. The SMILES string of the molecule is Cc1cc(CN(C)CC(=O)N2CCOC3CCCCC32)no1. The van der Waals surface area contributed by atoms with Crippen molar-refractivity contribution in [1.29, 1.82) is 0 Å². The molecule has 2 heterocycles. The van der Waals surface area contributed by atoms with Crippen LogP contribution in [0.1, 0.15) is 37.1 Å². The van der Waals surface area contributed by atoms with Crippen LogP contribution in [0.25, 0.3) is 0 Å². The third kappa shape index (κ3) is 3.50. The zero-order valence-electron chi connectivity index (χ0n) is 13.5. The first kappa shape index (κ1) is 15.5. The van der Waals surface area contributed by atoms with Gasteiger partial charge in [-0.15, -0.1) is 0 Å². The lowest BCUT2D eigenvalue weighted by Crippen LogP contribution is -2.56. The Morgan fingerprint density at radius 2 is 2.27 bits per heavy atom. The van der Waals surface area contributed by atoms with E-state index in [2.05, 4.69) is 5.16 Å². The first-order chi connectivity index (χ1) is 10.6. The molecule has 6 heteroatoms. The molecule has 1 saturated heterocycles. The molecular weight excluding hydrogens is 282 g/mol.